The highest BCUT2D eigenvalue weighted by Gasteiger charge is 2.21. The van der Waals surface area contributed by atoms with Gasteiger partial charge in [-0.25, -0.2) is 0 Å². The molecule has 1 unspecified atom stereocenters. The first-order valence-corrected chi connectivity index (χ1v) is 8.43. The maximum absolute atomic E-state index is 9.90. The first kappa shape index (κ1) is 17.8. The average molecular weight is 316 g/mol. The van der Waals surface area contributed by atoms with Crippen molar-refractivity contribution in [1.29, 1.82) is 0 Å². The average Bonchev–Trinajstić information content (AvgIpc) is 2.55. The Morgan fingerprint density at radius 3 is 2.22 bits per heavy atom. The van der Waals surface area contributed by atoms with E-state index in [1.807, 2.05) is 24.3 Å². The summed E-state index contributed by atoms with van der Waals surface area (Å²) in [5.74, 6) is 4.65. The van der Waals surface area contributed by atoms with Crippen LogP contribution in [0.3, 0.4) is 0 Å². The van der Waals surface area contributed by atoms with Crippen LogP contribution in [0, 0.1) is 24.2 Å². The molecule has 0 bridgehead atoms. The van der Waals surface area contributed by atoms with Crippen molar-refractivity contribution in [3.63, 3.8) is 0 Å². The van der Waals surface area contributed by atoms with Crippen LogP contribution in [0.4, 0.5) is 0 Å². The van der Waals surface area contributed by atoms with Crippen LogP contribution in [-0.4, -0.2) is 31.0 Å². The molecule has 126 valence electrons. The Labute approximate surface area is 140 Å². The third-order valence-corrected chi connectivity index (χ3v) is 4.64. The second kappa shape index (κ2) is 8.38. The molecule has 0 radical (unpaired) electrons. The predicted molar refractivity (Wildman–Crippen MR) is 92.4 cm³/mol. The Morgan fingerprint density at radius 1 is 1.13 bits per heavy atom. The van der Waals surface area contributed by atoms with Crippen LogP contribution in [0.1, 0.15) is 38.2 Å². The molecule has 1 atom stereocenters. The Morgan fingerprint density at radius 2 is 1.70 bits per heavy atom. The molecular formula is C20H28O3. The molecule has 3 nitrogen and oxygen atoms in total. The minimum atomic E-state index is -1.09. The van der Waals surface area contributed by atoms with E-state index in [4.69, 9.17) is 15.9 Å². The van der Waals surface area contributed by atoms with Crippen LogP contribution in [0.2, 0.25) is 0 Å². The van der Waals surface area contributed by atoms with Crippen LogP contribution in [0.15, 0.2) is 24.3 Å². The van der Waals surface area contributed by atoms with Crippen LogP contribution in [-0.2, 0) is 11.2 Å². The van der Waals surface area contributed by atoms with Gasteiger partial charge in [0.15, 0.2) is 0 Å². The minimum absolute atomic E-state index is 0.452. The van der Waals surface area contributed by atoms with Gasteiger partial charge in [0.1, 0.15) is 11.4 Å². The van der Waals surface area contributed by atoms with Crippen LogP contribution in [0.5, 0.6) is 5.75 Å². The number of hydrogen-bond acceptors (Lipinski definition) is 3. The summed E-state index contributed by atoms with van der Waals surface area (Å²) in [7, 11) is 1.78. The maximum atomic E-state index is 9.90. The highest BCUT2D eigenvalue weighted by molar-refractivity contribution is 5.29. The van der Waals surface area contributed by atoms with E-state index in [-0.39, 0.29) is 0 Å². The topological polar surface area (TPSA) is 38.7 Å². The first-order valence-electron chi connectivity index (χ1n) is 8.43. The molecule has 3 heteroatoms. The number of methoxy groups -OCH3 is 1. The standard InChI is InChI=1S/C20H28O3/c1-4-20(2,21)13-16-9-11-19(12-10-16)23-15-18-7-5-17(6-8-18)14-22-3/h1,9-12,17-18,21H,5-8,13-15H2,2-3H3/t17-,18-,20?. The predicted octanol–water partition coefficient (Wildman–Crippen LogP) is 3.44. The number of rotatable bonds is 7. The fraction of sp³-hybridized carbons (Fsp3) is 0.600. The fourth-order valence-corrected chi connectivity index (χ4v) is 3.17. The quantitative estimate of drug-likeness (QED) is 0.783. The zero-order valence-electron chi connectivity index (χ0n) is 14.3. The van der Waals surface area contributed by atoms with Gasteiger partial charge < -0.3 is 14.6 Å². The van der Waals surface area contributed by atoms with Gasteiger partial charge in [-0.1, -0.05) is 18.1 Å². The Kier molecular flexibility index (Phi) is 6.50. The summed E-state index contributed by atoms with van der Waals surface area (Å²) in [6.45, 7) is 3.31. The van der Waals surface area contributed by atoms with E-state index in [9.17, 15) is 5.11 Å². The Bertz CT molecular complexity index is 505. The summed E-state index contributed by atoms with van der Waals surface area (Å²) in [6, 6.07) is 7.85. The van der Waals surface area contributed by atoms with Crippen molar-refractivity contribution in [3.05, 3.63) is 29.8 Å². The summed E-state index contributed by atoms with van der Waals surface area (Å²) in [5.41, 5.74) is -0.0798. The summed E-state index contributed by atoms with van der Waals surface area (Å²) in [4.78, 5) is 0. The van der Waals surface area contributed by atoms with E-state index >= 15 is 0 Å². The molecule has 1 aliphatic rings. The lowest BCUT2D eigenvalue weighted by molar-refractivity contribution is 0.106. The highest BCUT2D eigenvalue weighted by Crippen LogP contribution is 2.29. The lowest BCUT2D eigenvalue weighted by atomic mass is 9.83. The largest absolute Gasteiger partial charge is 0.493 e. The zero-order chi connectivity index (χ0) is 16.7. The van der Waals surface area contributed by atoms with E-state index in [1.54, 1.807) is 14.0 Å². The lowest BCUT2D eigenvalue weighted by Crippen LogP contribution is -2.24. The second-order valence-corrected chi connectivity index (χ2v) is 6.89. The smallest absolute Gasteiger partial charge is 0.126 e. The molecule has 1 aliphatic carbocycles. The van der Waals surface area contributed by atoms with Gasteiger partial charge in [-0.2, -0.15) is 0 Å². The monoisotopic (exact) mass is 316 g/mol. The summed E-state index contributed by atoms with van der Waals surface area (Å²) in [6.07, 6.45) is 10.7. The van der Waals surface area contributed by atoms with Crippen LogP contribution < -0.4 is 4.74 Å². The molecule has 0 aliphatic heterocycles. The van der Waals surface area contributed by atoms with Crippen LogP contribution >= 0.6 is 0 Å². The lowest BCUT2D eigenvalue weighted by Gasteiger charge is -2.27. The number of ether oxygens (including phenoxy) is 2. The summed E-state index contributed by atoms with van der Waals surface area (Å²) < 4.78 is 11.2. The SMILES string of the molecule is C#CC(C)(O)Cc1ccc(OC[C@H]2CC[C@H](COC)CC2)cc1. The molecule has 0 heterocycles. The third-order valence-electron chi connectivity index (χ3n) is 4.64. The zero-order valence-corrected chi connectivity index (χ0v) is 14.3. The van der Waals surface area contributed by atoms with Gasteiger partial charge in [0.05, 0.1) is 6.61 Å². The van der Waals surface area contributed by atoms with E-state index in [1.165, 1.54) is 25.7 Å². The molecule has 1 N–H and O–H groups in total. The fourth-order valence-electron chi connectivity index (χ4n) is 3.17. The van der Waals surface area contributed by atoms with Gasteiger partial charge in [0.2, 0.25) is 0 Å². The molecule has 1 saturated carbocycles. The number of benzene rings is 1. The molecule has 0 spiro atoms. The molecule has 0 aromatic heterocycles. The van der Waals surface area contributed by atoms with Crippen molar-refractivity contribution in [1.82, 2.24) is 0 Å². The van der Waals surface area contributed by atoms with E-state index in [0.29, 0.717) is 12.3 Å². The summed E-state index contributed by atoms with van der Waals surface area (Å²) in [5, 5.41) is 9.90. The maximum Gasteiger partial charge on any atom is 0.126 e. The normalized spacial score (nSPS) is 23.7. The van der Waals surface area contributed by atoms with Gasteiger partial charge in [0, 0.05) is 20.1 Å². The van der Waals surface area contributed by atoms with Crippen molar-refractivity contribution in [2.75, 3.05) is 20.3 Å². The molecule has 1 aromatic rings. The first-order chi connectivity index (χ1) is 11.0. The molecule has 1 aromatic carbocycles. The number of terminal acetylenes is 1. The highest BCUT2D eigenvalue weighted by atomic mass is 16.5. The van der Waals surface area contributed by atoms with Crippen molar-refractivity contribution in [2.45, 2.75) is 44.6 Å². The Hall–Kier alpha value is -1.50. The van der Waals surface area contributed by atoms with Crippen molar-refractivity contribution in [3.8, 4) is 18.1 Å². The van der Waals surface area contributed by atoms with E-state index in [0.717, 1.165) is 30.4 Å². The molecular weight excluding hydrogens is 288 g/mol. The molecule has 0 amide bonds. The van der Waals surface area contributed by atoms with Gasteiger partial charge in [-0.3, -0.25) is 0 Å². The molecule has 0 saturated heterocycles. The number of aliphatic hydroxyl groups is 1. The molecule has 23 heavy (non-hydrogen) atoms. The van der Waals surface area contributed by atoms with Gasteiger partial charge in [-0.05, 0) is 62.1 Å². The van der Waals surface area contributed by atoms with Gasteiger partial charge in [0.25, 0.3) is 0 Å². The number of hydrogen-bond donors (Lipinski definition) is 1. The van der Waals surface area contributed by atoms with Crippen LogP contribution in [0.25, 0.3) is 0 Å². The van der Waals surface area contributed by atoms with Crippen molar-refractivity contribution in [2.24, 2.45) is 11.8 Å². The van der Waals surface area contributed by atoms with Crippen molar-refractivity contribution < 1.29 is 14.6 Å². The minimum Gasteiger partial charge on any atom is -0.493 e. The van der Waals surface area contributed by atoms with E-state index in [2.05, 4.69) is 5.92 Å². The second-order valence-electron chi connectivity index (χ2n) is 6.89. The van der Waals surface area contributed by atoms with E-state index < -0.39 is 5.60 Å². The third kappa shape index (κ3) is 5.89. The van der Waals surface area contributed by atoms with Crippen molar-refractivity contribution >= 4 is 0 Å². The summed E-state index contributed by atoms with van der Waals surface area (Å²) >= 11 is 0. The van der Waals surface area contributed by atoms with Gasteiger partial charge >= 0.3 is 0 Å². The molecule has 2 rings (SSSR count). The Balaban J connectivity index is 1.76. The molecule has 1 fully saturated rings. The van der Waals surface area contributed by atoms with Gasteiger partial charge in [-0.15, -0.1) is 6.42 Å².